The zero-order valence-electron chi connectivity index (χ0n) is 16.7. The number of carbonyl (C=O) groups excluding carboxylic acids is 2. The first-order valence-electron chi connectivity index (χ1n) is 9.20. The fraction of sp³-hybridized carbons (Fsp3) is 0.167. The smallest absolute Gasteiger partial charge is 0.254 e. The molecule has 0 heterocycles. The average Bonchev–Trinajstić information content (AvgIpc) is 2.78. The van der Waals surface area contributed by atoms with Crippen molar-refractivity contribution < 1.29 is 19.1 Å². The van der Waals surface area contributed by atoms with Gasteiger partial charge in [-0.2, -0.15) is 0 Å². The molecule has 5 heteroatoms. The SMILES string of the molecule is COc1ccc(CN(C)C(=O)c2ccccc2C(=O)c2ccccc2)cc1OC. The molecule has 0 aliphatic carbocycles. The van der Waals surface area contributed by atoms with Crippen LogP contribution in [0.3, 0.4) is 0 Å². The van der Waals surface area contributed by atoms with Crippen molar-refractivity contribution in [2.24, 2.45) is 0 Å². The van der Waals surface area contributed by atoms with Crippen LogP contribution in [0.4, 0.5) is 0 Å². The van der Waals surface area contributed by atoms with E-state index in [1.807, 2.05) is 18.2 Å². The van der Waals surface area contributed by atoms with E-state index in [1.165, 1.54) is 0 Å². The Labute approximate surface area is 170 Å². The van der Waals surface area contributed by atoms with Crippen LogP contribution in [0.2, 0.25) is 0 Å². The van der Waals surface area contributed by atoms with E-state index < -0.39 is 0 Å². The molecule has 5 nitrogen and oxygen atoms in total. The Morgan fingerprint density at radius 1 is 0.793 bits per heavy atom. The summed E-state index contributed by atoms with van der Waals surface area (Å²) in [6, 6.07) is 21.4. The average molecular weight is 389 g/mol. The van der Waals surface area contributed by atoms with Gasteiger partial charge in [-0.05, 0) is 23.8 Å². The van der Waals surface area contributed by atoms with Crippen LogP contribution in [0.25, 0.3) is 0 Å². The monoisotopic (exact) mass is 389 g/mol. The number of ether oxygens (including phenoxy) is 2. The number of nitrogens with zero attached hydrogens (tertiary/aromatic N) is 1. The van der Waals surface area contributed by atoms with Crippen molar-refractivity contribution in [2.75, 3.05) is 21.3 Å². The van der Waals surface area contributed by atoms with Crippen LogP contribution in [0.15, 0.2) is 72.8 Å². The summed E-state index contributed by atoms with van der Waals surface area (Å²) in [5.74, 6) is 0.836. The highest BCUT2D eigenvalue weighted by molar-refractivity contribution is 6.15. The van der Waals surface area contributed by atoms with Gasteiger partial charge in [-0.1, -0.05) is 54.6 Å². The van der Waals surface area contributed by atoms with E-state index in [2.05, 4.69) is 0 Å². The fourth-order valence-electron chi connectivity index (χ4n) is 3.14. The van der Waals surface area contributed by atoms with E-state index in [4.69, 9.17) is 9.47 Å². The Balaban J connectivity index is 1.85. The molecule has 1 amide bonds. The lowest BCUT2D eigenvalue weighted by Crippen LogP contribution is -2.28. The van der Waals surface area contributed by atoms with Gasteiger partial charge in [0.15, 0.2) is 17.3 Å². The van der Waals surface area contributed by atoms with Gasteiger partial charge in [-0.25, -0.2) is 0 Å². The van der Waals surface area contributed by atoms with Gasteiger partial charge >= 0.3 is 0 Å². The minimum Gasteiger partial charge on any atom is -0.493 e. The van der Waals surface area contributed by atoms with Crippen molar-refractivity contribution in [3.05, 3.63) is 95.1 Å². The number of benzene rings is 3. The van der Waals surface area contributed by atoms with E-state index in [0.29, 0.717) is 34.7 Å². The number of ketones is 1. The molecular weight excluding hydrogens is 366 g/mol. The predicted octanol–water partition coefficient (Wildman–Crippen LogP) is 4.21. The molecule has 29 heavy (non-hydrogen) atoms. The summed E-state index contributed by atoms with van der Waals surface area (Å²) in [5, 5.41) is 0. The van der Waals surface area contributed by atoms with E-state index in [9.17, 15) is 9.59 Å². The first-order valence-corrected chi connectivity index (χ1v) is 9.20. The second kappa shape index (κ2) is 9.06. The van der Waals surface area contributed by atoms with Crippen molar-refractivity contribution in [3.63, 3.8) is 0 Å². The molecular formula is C24H23NO4. The Kier molecular flexibility index (Phi) is 6.29. The van der Waals surface area contributed by atoms with E-state index in [1.54, 1.807) is 80.8 Å². The molecule has 0 aliphatic heterocycles. The maximum absolute atomic E-state index is 13.1. The number of hydrogen-bond acceptors (Lipinski definition) is 4. The predicted molar refractivity (Wildman–Crippen MR) is 112 cm³/mol. The van der Waals surface area contributed by atoms with Gasteiger partial charge in [0, 0.05) is 24.7 Å². The molecule has 3 rings (SSSR count). The van der Waals surface area contributed by atoms with Crippen LogP contribution in [0, 0.1) is 0 Å². The van der Waals surface area contributed by atoms with Crippen LogP contribution < -0.4 is 9.47 Å². The van der Waals surface area contributed by atoms with Crippen LogP contribution >= 0.6 is 0 Å². The Morgan fingerprint density at radius 2 is 1.41 bits per heavy atom. The topological polar surface area (TPSA) is 55.8 Å². The second-order valence-corrected chi connectivity index (χ2v) is 6.59. The largest absolute Gasteiger partial charge is 0.493 e. The maximum atomic E-state index is 13.1. The lowest BCUT2D eigenvalue weighted by Gasteiger charge is -2.20. The normalized spacial score (nSPS) is 10.3. The summed E-state index contributed by atoms with van der Waals surface area (Å²) in [7, 11) is 4.86. The molecule has 148 valence electrons. The van der Waals surface area contributed by atoms with E-state index in [0.717, 1.165) is 5.56 Å². The van der Waals surface area contributed by atoms with Crippen molar-refractivity contribution >= 4 is 11.7 Å². The van der Waals surface area contributed by atoms with Gasteiger partial charge in [0.2, 0.25) is 0 Å². The van der Waals surface area contributed by atoms with E-state index in [-0.39, 0.29) is 11.7 Å². The molecule has 0 bridgehead atoms. The van der Waals surface area contributed by atoms with Gasteiger partial charge in [-0.3, -0.25) is 9.59 Å². The Bertz CT molecular complexity index is 1010. The third-order valence-electron chi connectivity index (χ3n) is 4.65. The number of amides is 1. The van der Waals surface area contributed by atoms with Crippen LogP contribution in [-0.4, -0.2) is 37.9 Å². The third kappa shape index (κ3) is 4.46. The maximum Gasteiger partial charge on any atom is 0.254 e. The van der Waals surface area contributed by atoms with Crippen LogP contribution in [-0.2, 0) is 6.54 Å². The third-order valence-corrected chi connectivity index (χ3v) is 4.65. The molecule has 3 aromatic rings. The Hall–Kier alpha value is -3.60. The molecule has 0 aromatic heterocycles. The minimum atomic E-state index is -0.223. The number of hydrogen-bond donors (Lipinski definition) is 0. The molecule has 0 saturated heterocycles. The summed E-state index contributed by atoms with van der Waals surface area (Å²) in [6.07, 6.45) is 0. The van der Waals surface area contributed by atoms with E-state index >= 15 is 0 Å². The summed E-state index contributed by atoms with van der Waals surface area (Å²) >= 11 is 0. The van der Waals surface area contributed by atoms with Gasteiger partial charge in [0.25, 0.3) is 5.91 Å². The van der Waals surface area contributed by atoms with Crippen molar-refractivity contribution in [1.29, 1.82) is 0 Å². The van der Waals surface area contributed by atoms with Gasteiger partial charge in [0.05, 0.1) is 19.8 Å². The highest BCUT2D eigenvalue weighted by atomic mass is 16.5. The van der Waals surface area contributed by atoms with Gasteiger partial charge in [0.1, 0.15) is 0 Å². The quantitative estimate of drug-likeness (QED) is 0.568. The zero-order chi connectivity index (χ0) is 20.8. The second-order valence-electron chi connectivity index (χ2n) is 6.59. The highest BCUT2D eigenvalue weighted by Gasteiger charge is 2.21. The molecule has 3 aromatic carbocycles. The zero-order valence-corrected chi connectivity index (χ0v) is 16.7. The van der Waals surface area contributed by atoms with Gasteiger partial charge < -0.3 is 14.4 Å². The first kappa shape index (κ1) is 20.1. The summed E-state index contributed by atoms with van der Waals surface area (Å²) in [5.41, 5.74) is 2.22. The summed E-state index contributed by atoms with van der Waals surface area (Å²) < 4.78 is 10.6. The van der Waals surface area contributed by atoms with Crippen molar-refractivity contribution in [1.82, 2.24) is 4.90 Å². The standard InChI is InChI=1S/C24H23NO4/c1-25(16-17-13-14-21(28-2)22(15-17)29-3)24(27)20-12-8-7-11-19(20)23(26)18-9-5-4-6-10-18/h4-15H,16H2,1-3H3. The molecule has 0 saturated carbocycles. The summed E-state index contributed by atoms with van der Waals surface area (Å²) in [4.78, 5) is 27.6. The highest BCUT2D eigenvalue weighted by Crippen LogP contribution is 2.28. The van der Waals surface area contributed by atoms with Crippen molar-refractivity contribution in [3.8, 4) is 11.5 Å². The molecule has 0 unspecified atom stereocenters. The van der Waals surface area contributed by atoms with Crippen LogP contribution in [0.5, 0.6) is 11.5 Å². The summed E-state index contributed by atoms with van der Waals surface area (Å²) in [6.45, 7) is 0.368. The fourth-order valence-corrected chi connectivity index (χ4v) is 3.14. The first-order chi connectivity index (χ1) is 14.0. The number of carbonyl (C=O) groups is 2. The molecule has 0 N–H and O–H groups in total. The number of methoxy groups -OCH3 is 2. The lowest BCUT2D eigenvalue weighted by molar-refractivity contribution is 0.0780. The molecule has 0 fully saturated rings. The van der Waals surface area contributed by atoms with Crippen molar-refractivity contribution in [2.45, 2.75) is 6.54 Å². The molecule has 0 atom stereocenters. The molecule has 0 aliphatic rings. The Morgan fingerprint density at radius 3 is 2.07 bits per heavy atom. The van der Waals surface area contributed by atoms with Crippen LogP contribution in [0.1, 0.15) is 31.8 Å². The lowest BCUT2D eigenvalue weighted by atomic mass is 9.97. The van der Waals surface area contributed by atoms with Gasteiger partial charge in [-0.15, -0.1) is 0 Å². The molecule has 0 radical (unpaired) electrons. The molecule has 0 spiro atoms. The minimum absolute atomic E-state index is 0.172. The number of rotatable bonds is 7.